The highest BCUT2D eigenvalue weighted by Crippen LogP contribution is 2.44. The minimum atomic E-state index is 0.796. The first-order chi connectivity index (χ1) is 13.0. The molecule has 0 unspecified atom stereocenters. The number of rotatable bonds is 0. The fourth-order valence-corrected chi connectivity index (χ4v) is 4.85. The molecule has 4 rings (SSSR count). The Balaban J connectivity index is 0.000000153. The van der Waals surface area contributed by atoms with Crippen molar-refractivity contribution in [3.8, 4) is 0 Å². The van der Waals surface area contributed by atoms with Gasteiger partial charge < -0.3 is 19.6 Å². The molecule has 27 heavy (non-hydrogen) atoms. The lowest BCUT2D eigenvalue weighted by Crippen LogP contribution is -2.42. The van der Waals surface area contributed by atoms with Gasteiger partial charge in [0.25, 0.3) is 0 Å². The monoisotopic (exact) mass is 380 g/mol. The Labute approximate surface area is 170 Å². The van der Waals surface area contributed by atoms with E-state index in [4.69, 9.17) is 0 Å². The van der Waals surface area contributed by atoms with Gasteiger partial charge in [0.05, 0.1) is 0 Å². The summed E-state index contributed by atoms with van der Waals surface area (Å²) in [7, 11) is 8.80. The van der Waals surface area contributed by atoms with E-state index in [1.165, 1.54) is 117 Å². The van der Waals surface area contributed by atoms with Gasteiger partial charge in [-0.05, 0) is 98.3 Å². The third kappa shape index (κ3) is 9.25. The minimum Gasteiger partial charge on any atom is -0.306 e. The molecule has 1 spiro atoms. The number of hydrogen-bond acceptors (Lipinski definition) is 4. The summed E-state index contributed by atoms with van der Waals surface area (Å²) in [6.07, 6.45) is 14.8. The first-order valence-electron chi connectivity index (χ1n) is 11.7. The van der Waals surface area contributed by atoms with Crippen molar-refractivity contribution >= 4 is 0 Å². The van der Waals surface area contributed by atoms with Crippen LogP contribution in [0.25, 0.3) is 0 Å². The zero-order chi connectivity index (χ0) is 19.5. The predicted molar refractivity (Wildman–Crippen MR) is 119 cm³/mol. The maximum atomic E-state index is 2.49. The highest BCUT2D eigenvalue weighted by Gasteiger charge is 2.34. The molecule has 4 heteroatoms. The van der Waals surface area contributed by atoms with E-state index in [9.17, 15) is 0 Å². The quantitative estimate of drug-likeness (QED) is 0.636. The molecule has 0 aromatic heterocycles. The van der Waals surface area contributed by atoms with E-state index in [1.807, 2.05) is 0 Å². The van der Waals surface area contributed by atoms with E-state index < -0.39 is 0 Å². The molecule has 0 aromatic carbocycles. The summed E-state index contributed by atoms with van der Waals surface area (Å²) in [6, 6.07) is 0. The summed E-state index contributed by atoms with van der Waals surface area (Å²) in [6.45, 7) is 10.3. The number of piperazine rings is 1. The number of likely N-dealkylation sites (tertiary alicyclic amines) is 2. The van der Waals surface area contributed by atoms with Gasteiger partial charge in [0.1, 0.15) is 0 Å². The second kappa shape index (κ2) is 12.4. The van der Waals surface area contributed by atoms with Gasteiger partial charge in [-0.15, -0.1) is 0 Å². The van der Waals surface area contributed by atoms with Crippen LogP contribution in [0.4, 0.5) is 0 Å². The van der Waals surface area contributed by atoms with E-state index in [0.717, 1.165) is 5.41 Å². The highest BCUT2D eigenvalue weighted by molar-refractivity contribution is 4.87. The fourth-order valence-electron chi connectivity index (χ4n) is 4.85. The molecule has 1 saturated carbocycles. The van der Waals surface area contributed by atoms with Crippen LogP contribution < -0.4 is 0 Å². The largest absolute Gasteiger partial charge is 0.306 e. The molecule has 0 N–H and O–H groups in total. The minimum absolute atomic E-state index is 0.796. The first-order valence-corrected chi connectivity index (χ1v) is 11.7. The average Bonchev–Trinajstić information content (AvgIpc) is 2.69. The maximum Gasteiger partial charge on any atom is 0.0107 e. The molecular formula is C23H48N4. The van der Waals surface area contributed by atoms with Crippen LogP contribution in [0.2, 0.25) is 0 Å². The average molecular weight is 381 g/mol. The number of piperidine rings is 2. The van der Waals surface area contributed by atoms with Crippen molar-refractivity contribution in [2.45, 2.75) is 64.2 Å². The standard InChI is InChI=1S/C11H21N.C6H14N2.C6H13N/c1-12-9-7-11(8-10-12)5-3-2-4-6-11;1-7-3-5-8(2)6-4-7;1-7-5-3-2-4-6-7/h2-10H2,1H3;3-6H2,1-2H3;2-6H2,1H3. The fraction of sp³-hybridized carbons (Fsp3) is 1.00. The molecule has 4 fully saturated rings. The summed E-state index contributed by atoms with van der Waals surface area (Å²) in [4.78, 5) is 9.60. The van der Waals surface area contributed by atoms with Crippen LogP contribution in [0.5, 0.6) is 0 Å². The maximum absolute atomic E-state index is 2.49. The molecule has 4 nitrogen and oxygen atoms in total. The molecule has 0 radical (unpaired) electrons. The lowest BCUT2D eigenvalue weighted by atomic mass is 9.68. The van der Waals surface area contributed by atoms with Crippen molar-refractivity contribution in [2.24, 2.45) is 5.41 Å². The smallest absolute Gasteiger partial charge is 0.0107 e. The molecule has 0 aromatic rings. The summed E-state index contributed by atoms with van der Waals surface area (Å²) < 4.78 is 0. The molecule has 4 aliphatic rings. The molecule has 0 atom stereocenters. The second-order valence-corrected chi connectivity index (χ2v) is 9.83. The van der Waals surface area contributed by atoms with Gasteiger partial charge in [0, 0.05) is 26.2 Å². The summed E-state index contributed by atoms with van der Waals surface area (Å²) in [5.74, 6) is 0. The van der Waals surface area contributed by atoms with E-state index in [2.05, 4.69) is 47.8 Å². The second-order valence-electron chi connectivity index (χ2n) is 9.83. The molecule has 1 aliphatic carbocycles. The van der Waals surface area contributed by atoms with E-state index in [1.54, 1.807) is 0 Å². The van der Waals surface area contributed by atoms with Crippen LogP contribution in [0.15, 0.2) is 0 Å². The Morgan fingerprint density at radius 1 is 0.370 bits per heavy atom. The Kier molecular flexibility index (Phi) is 10.6. The van der Waals surface area contributed by atoms with Crippen LogP contribution in [0, 0.1) is 5.41 Å². The van der Waals surface area contributed by atoms with Crippen molar-refractivity contribution in [3.63, 3.8) is 0 Å². The van der Waals surface area contributed by atoms with Gasteiger partial charge in [-0.25, -0.2) is 0 Å². The predicted octanol–water partition coefficient (Wildman–Crippen LogP) is 3.63. The third-order valence-corrected chi connectivity index (χ3v) is 7.27. The van der Waals surface area contributed by atoms with Crippen molar-refractivity contribution in [2.75, 3.05) is 80.5 Å². The zero-order valence-corrected chi connectivity index (χ0v) is 19.0. The lowest BCUT2D eigenvalue weighted by Gasteiger charge is -2.43. The Bertz CT molecular complexity index is 347. The van der Waals surface area contributed by atoms with Gasteiger partial charge >= 0.3 is 0 Å². The number of hydrogen-bond donors (Lipinski definition) is 0. The summed E-state index contributed by atoms with van der Waals surface area (Å²) in [5, 5.41) is 0. The molecule has 160 valence electrons. The van der Waals surface area contributed by atoms with Gasteiger partial charge in [-0.1, -0.05) is 25.7 Å². The summed E-state index contributed by atoms with van der Waals surface area (Å²) in [5.41, 5.74) is 0.796. The van der Waals surface area contributed by atoms with Crippen LogP contribution >= 0.6 is 0 Å². The molecule has 0 bridgehead atoms. The highest BCUT2D eigenvalue weighted by atomic mass is 15.2. The third-order valence-electron chi connectivity index (χ3n) is 7.27. The van der Waals surface area contributed by atoms with Gasteiger partial charge in [0.2, 0.25) is 0 Å². The van der Waals surface area contributed by atoms with Crippen molar-refractivity contribution in [1.29, 1.82) is 0 Å². The van der Waals surface area contributed by atoms with E-state index >= 15 is 0 Å². The SMILES string of the molecule is CN1CCC2(CCCCC2)CC1.CN1CCCCC1.CN1CCN(C)CC1. The van der Waals surface area contributed by atoms with Gasteiger partial charge in [-0.2, -0.15) is 0 Å². The van der Waals surface area contributed by atoms with Crippen LogP contribution in [0.1, 0.15) is 64.2 Å². The molecule has 3 saturated heterocycles. The van der Waals surface area contributed by atoms with Crippen molar-refractivity contribution in [1.82, 2.24) is 19.6 Å². The van der Waals surface area contributed by atoms with Gasteiger partial charge in [-0.3, -0.25) is 0 Å². The number of likely N-dealkylation sites (N-methyl/N-ethyl adjacent to an activating group) is 2. The Morgan fingerprint density at radius 2 is 0.741 bits per heavy atom. The van der Waals surface area contributed by atoms with E-state index in [0.29, 0.717) is 0 Å². The zero-order valence-electron chi connectivity index (χ0n) is 19.0. The van der Waals surface area contributed by atoms with Gasteiger partial charge in [0.15, 0.2) is 0 Å². The van der Waals surface area contributed by atoms with Crippen LogP contribution in [-0.2, 0) is 0 Å². The normalized spacial score (nSPS) is 28.0. The molecule has 0 amide bonds. The van der Waals surface area contributed by atoms with Crippen LogP contribution in [-0.4, -0.2) is 100 Å². The van der Waals surface area contributed by atoms with Crippen molar-refractivity contribution in [3.05, 3.63) is 0 Å². The van der Waals surface area contributed by atoms with Crippen LogP contribution in [0.3, 0.4) is 0 Å². The number of nitrogens with zero attached hydrogens (tertiary/aromatic N) is 4. The Hall–Kier alpha value is -0.160. The van der Waals surface area contributed by atoms with E-state index in [-0.39, 0.29) is 0 Å². The molecule has 3 aliphatic heterocycles. The lowest BCUT2D eigenvalue weighted by molar-refractivity contribution is 0.0807. The Morgan fingerprint density at radius 3 is 1.15 bits per heavy atom. The van der Waals surface area contributed by atoms with Crippen molar-refractivity contribution < 1.29 is 0 Å². The summed E-state index contributed by atoms with van der Waals surface area (Å²) >= 11 is 0. The topological polar surface area (TPSA) is 13.0 Å². The molecular weight excluding hydrogens is 332 g/mol. The molecule has 3 heterocycles. The first kappa shape index (κ1) is 23.1.